The summed E-state index contributed by atoms with van der Waals surface area (Å²) >= 11 is 6.03. The van der Waals surface area contributed by atoms with Crippen LogP contribution in [0.1, 0.15) is 26.5 Å². The fraction of sp³-hybridized carbons (Fsp3) is 0.227. The van der Waals surface area contributed by atoms with Gasteiger partial charge < -0.3 is 15.0 Å². The number of hydrogen-bond acceptors (Lipinski definition) is 4. The largest absolute Gasteiger partial charge is 0.492 e. The lowest BCUT2D eigenvalue weighted by atomic mass is 10.2. The Bertz CT molecular complexity index is 1050. The van der Waals surface area contributed by atoms with Crippen molar-refractivity contribution in [1.29, 1.82) is 0 Å². The second-order valence-corrected chi connectivity index (χ2v) is 7.35. The predicted octanol–water partition coefficient (Wildman–Crippen LogP) is 3.00. The molecule has 0 atom stereocenters. The van der Waals surface area contributed by atoms with Crippen molar-refractivity contribution in [3.05, 3.63) is 82.6 Å². The number of benzene rings is 2. The zero-order valence-corrected chi connectivity index (χ0v) is 17.0. The molecule has 2 heterocycles. The van der Waals surface area contributed by atoms with Crippen LogP contribution in [0.2, 0.25) is 5.02 Å². The molecule has 30 heavy (non-hydrogen) atoms. The molecule has 2 amide bonds. The van der Waals surface area contributed by atoms with Crippen LogP contribution in [0.25, 0.3) is 0 Å². The highest BCUT2D eigenvalue weighted by atomic mass is 35.5. The lowest BCUT2D eigenvalue weighted by Crippen LogP contribution is -2.39. The van der Waals surface area contributed by atoms with Crippen LogP contribution in [0.3, 0.4) is 0 Å². The van der Waals surface area contributed by atoms with E-state index in [2.05, 4.69) is 10.4 Å². The van der Waals surface area contributed by atoms with Crippen molar-refractivity contribution in [3.63, 3.8) is 0 Å². The molecule has 0 fully saturated rings. The molecule has 7 nitrogen and oxygen atoms in total. The average molecular weight is 425 g/mol. The molecule has 0 bridgehead atoms. The normalized spacial score (nSPS) is 13.1. The van der Waals surface area contributed by atoms with Crippen molar-refractivity contribution in [2.24, 2.45) is 0 Å². The lowest BCUT2D eigenvalue weighted by molar-refractivity contribution is 0.0683. The molecule has 1 aromatic heterocycles. The van der Waals surface area contributed by atoms with Crippen molar-refractivity contribution in [2.45, 2.75) is 13.1 Å². The Hall–Kier alpha value is -3.32. The summed E-state index contributed by atoms with van der Waals surface area (Å²) in [7, 11) is 0. The summed E-state index contributed by atoms with van der Waals surface area (Å²) < 4.78 is 7.15. The number of amides is 2. The van der Waals surface area contributed by atoms with Gasteiger partial charge in [-0.25, -0.2) is 0 Å². The molecule has 8 heteroatoms. The number of carbonyl (C=O) groups is 2. The molecular weight excluding hydrogens is 404 g/mol. The van der Waals surface area contributed by atoms with E-state index in [9.17, 15) is 9.59 Å². The Labute approximate surface area is 179 Å². The van der Waals surface area contributed by atoms with Gasteiger partial charge >= 0.3 is 0 Å². The fourth-order valence-electron chi connectivity index (χ4n) is 3.30. The van der Waals surface area contributed by atoms with Crippen LogP contribution in [-0.4, -0.2) is 46.2 Å². The van der Waals surface area contributed by atoms with Gasteiger partial charge in [0.1, 0.15) is 18.1 Å². The van der Waals surface area contributed by atoms with Crippen LogP contribution < -0.4 is 10.1 Å². The molecule has 0 saturated heterocycles. The monoisotopic (exact) mass is 424 g/mol. The number of para-hydroxylation sites is 1. The molecular formula is C22H21ClN4O3. The molecule has 3 aromatic rings. The minimum Gasteiger partial charge on any atom is -0.492 e. The lowest BCUT2D eigenvalue weighted by Gasteiger charge is -2.27. The molecule has 0 spiro atoms. The Balaban J connectivity index is 1.34. The summed E-state index contributed by atoms with van der Waals surface area (Å²) in [5.41, 5.74) is 1.59. The minimum absolute atomic E-state index is 0.153. The van der Waals surface area contributed by atoms with Crippen LogP contribution in [0.15, 0.2) is 60.7 Å². The smallest absolute Gasteiger partial charge is 0.272 e. The van der Waals surface area contributed by atoms with Crippen LogP contribution in [0.4, 0.5) is 0 Å². The second kappa shape index (κ2) is 9.00. The number of nitrogens with one attached hydrogen (secondary N) is 1. The first-order valence-electron chi connectivity index (χ1n) is 9.68. The zero-order valence-electron chi connectivity index (χ0n) is 16.3. The highest BCUT2D eigenvalue weighted by Crippen LogP contribution is 2.18. The number of hydrogen-bond donors (Lipinski definition) is 1. The molecule has 4 rings (SSSR count). The maximum absolute atomic E-state index is 12.8. The van der Waals surface area contributed by atoms with Gasteiger partial charge in [-0.15, -0.1) is 0 Å². The van der Waals surface area contributed by atoms with Gasteiger partial charge in [0, 0.05) is 24.2 Å². The Morgan fingerprint density at radius 2 is 1.93 bits per heavy atom. The van der Waals surface area contributed by atoms with Gasteiger partial charge in [-0.3, -0.25) is 14.3 Å². The molecule has 0 saturated carbocycles. The molecule has 1 aliphatic rings. The van der Waals surface area contributed by atoms with Crippen molar-refractivity contribution in [3.8, 4) is 5.75 Å². The zero-order chi connectivity index (χ0) is 20.9. The molecule has 0 radical (unpaired) electrons. The Kier molecular flexibility index (Phi) is 5.99. The Morgan fingerprint density at radius 1 is 1.10 bits per heavy atom. The van der Waals surface area contributed by atoms with E-state index in [1.54, 1.807) is 21.7 Å². The first-order valence-corrected chi connectivity index (χ1v) is 10.1. The fourth-order valence-corrected chi connectivity index (χ4v) is 3.51. The molecule has 0 aliphatic carbocycles. The molecule has 1 aliphatic heterocycles. The van der Waals surface area contributed by atoms with E-state index in [4.69, 9.17) is 16.3 Å². The first kappa shape index (κ1) is 20.0. The van der Waals surface area contributed by atoms with Gasteiger partial charge in [0.15, 0.2) is 5.69 Å². The van der Waals surface area contributed by atoms with E-state index in [-0.39, 0.29) is 17.5 Å². The van der Waals surface area contributed by atoms with Crippen LogP contribution in [-0.2, 0) is 13.1 Å². The van der Waals surface area contributed by atoms with E-state index in [0.29, 0.717) is 43.5 Å². The third-order valence-electron chi connectivity index (χ3n) is 4.76. The SMILES string of the molecule is O=C(NCCOc1ccccc1)c1cc2n(n1)CCN(Cc1cccc(Cl)c1)C2=O. The van der Waals surface area contributed by atoms with Crippen molar-refractivity contribution in [1.82, 2.24) is 20.0 Å². The number of rotatable bonds is 7. The van der Waals surface area contributed by atoms with E-state index < -0.39 is 0 Å². The molecule has 2 aromatic carbocycles. The van der Waals surface area contributed by atoms with E-state index in [1.807, 2.05) is 48.5 Å². The summed E-state index contributed by atoms with van der Waals surface area (Å²) in [6.07, 6.45) is 0. The van der Waals surface area contributed by atoms with Crippen LogP contribution in [0, 0.1) is 0 Å². The first-order chi connectivity index (χ1) is 14.6. The number of fused-ring (bicyclic) bond motifs is 1. The highest BCUT2D eigenvalue weighted by Gasteiger charge is 2.27. The Morgan fingerprint density at radius 3 is 2.73 bits per heavy atom. The summed E-state index contributed by atoms with van der Waals surface area (Å²) in [6.45, 7) is 2.20. The number of halogens is 1. The van der Waals surface area contributed by atoms with Gasteiger partial charge in [0.2, 0.25) is 0 Å². The van der Waals surface area contributed by atoms with Gasteiger partial charge in [-0.1, -0.05) is 41.9 Å². The van der Waals surface area contributed by atoms with Gasteiger partial charge in [-0.2, -0.15) is 5.10 Å². The number of carbonyl (C=O) groups excluding carboxylic acids is 2. The molecule has 1 N–H and O–H groups in total. The number of ether oxygens (including phenoxy) is 1. The highest BCUT2D eigenvalue weighted by molar-refractivity contribution is 6.30. The summed E-state index contributed by atoms with van der Waals surface area (Å²) in [5.74, 6) is 0.262. The average Bonchev–Trinajstić information content (AvgIpc) is 3.19. The van der Waals surface area contributed by atoms with Crippen molar-refractivity contribution < 1.29 is 14.3 Å². The van der Waals surface area contributed by atoms with E-state index in [0.717, 1.165) is 11.3 Å². The topological polar surface area (TPSA) is 76.5 Å². The minimum atomic E-state index is -0.331. The van der Waals surface area contributed by atoms with Gasteiger partial charge in [-0.05, 0) is 29.8 Å². The number of nitrogens with zero attached hydrogens (tertiary/aromatic N) is 3. The van der Waals surface area contributed by atoms with Gasteiger partial charge in [0.05, 0.1) is 13.1 Å². The van der Waals surface area contributed by atoms with Crippen molar-refractivity contribution >= 4 is 23.4 Å². The van der Waals surface area contributed by atoms with E-state index in [1.165, 1.54) is 0 Å². The summed E-state index contributed by atoms with van der Waals surface area (Å²) in [5, 5.41) is 7.70. The third kappa shape index (κ3) is 4.63. The summed E-state index contributed by atoms with van der Waals surface area (Å²) in [4.78, 5) is 27.0. The maximum atomic E-state index is 12.8. The third-order valence-corrected chi connectivity index (χ3v) is 5.00. The maximum Gasteiger partial charge on any atom is 0.272 e. The van der Waals surface area contributed by atoms with Crippen LogP contribution >= 0.6 is 11.6 Å². The second-order valence-electron chi connectivity index (χ2n) is 6.91. The quantitative estimate of drug-likeness (QED) is 0.591. The van der Waals surface area contributed by atoms with Crippen molar-refractivity contribution in [2.75, 3.05) is 19.7 Å². The molecule has 154 valence electrons. The number of aromatic nitrogens is 2. The summed E-state index contributed by atoms with van der Waals surface area (Å²) in [6, 6.07) is 18.4. The van der Waals surface area contributed by atoms with Crippen LogP contribution in [0.5, 0.6) is 5.75 Å². The van der Waals surface area contributed by atoms with Gasteiger partial charge in [0.25, 0.3) is 11.8 Å². The van der Waals surface area contributed by atoms with E-state index >= 15 is 0 Å². The predicted molar refractivity (Wildman–Crippen MR) is 113 cm³/mol. The molecule has 0 unspecified atom stereocenters. The standard InChI is InChI=1S/C22H21ClN4O3/c23-17-6-4-5-16(13-17)15-26-10-11-27-20(22(26)29)14-19(25-27)21(28)24-9-12-30-18-7-2-1-3-8-18/h1-8,13-14H,9-12,15H2,(H,24,28).